The molecule has 1 atom stereocenters. The van der Waals surface area contributed by atoms with E-state index in [-0.39, 0.29) is 11.9 Å². The monoisotopic (exact) mass is 247 g/mol. The van der Waals surface area contributed by atoms with E-state index in [2.05, 4.69) is 11.4 Å². The molecule has 1 nitrogen and oxygen atoms in total. The lowest BCUT2D eigenvalue weighted by atomic mass is 9.93. The lowest BCUT2D eigenvalue weighted by Gasteiger charge is -2.21. The highest BCUT2D eigenvalue weighted by Gasteiger charge is 2.19. The van der Waals surface area contributed by atoms with Crippen molar-refractivity contribution in [1.82, 2.24) is 5.32 Å². The molecule has 98 valence electrons. The lowest BCUT2D eigenvalue weighted by Crippen LogP contribution is -2.20. The van der Waals surface area contributed by atoms with Gasteiger partial charge in [0.25, 0.3) is 0 Å². The summed E-state index contributed by atoms with van der Waals surface area (Å²) in [5.74, 6) is -0.0676. The summed E-state index contributed by atoms with van der Waals surface area (Å²) in [4.78, 5) is 0. The van der Waals surface area contributed by atoms with Gasteiger partial charge in [0, 0.05) is 5.56 Å². The van der Waals surface area contributed by atoms with E-state index in [0.29, 0.717) is 0 Å². The molecule has 18 heavy (non-hydrogen) atoms. The number of nitrogens with one attached hydrogen (secondary N) is 1. The Morgan fingerprint density at radius 3 is 2.83 bits per heavy atom. The fraction of sp³-hybridized carbons (Fsp3) is 0.500. The second-order valence-electron chi connectivity index (χ2n) is 5.08. The summed E-state index contributed by atoms with van der Waals surface area (Å²) in [6, 6.07) is 5.69. The number of likely N-dealkylation sites (N-methyl/N-ethyl adjacent to an activating group) is 1. The number of rotatable bonds is 3. The van der Waals surface area contributed by atoms with Gasteiger partial charge < -0.3 is 5.32 Å². The van der Waals surface area contributed by atoms with Crippen LogP contribution in [0.2, 0.25) is 0 Å². The molecule has 2 rings (SSSR count). The predicted octanol–water partition coefficient (Wildman–Crippen LogP) is 4.29. The van der Waals surface area contributed by atoms with E-state index in [4.69, 9.17) is 0 Å². The van der Waals surface area contributed by atoms with Crippen LogP contribution in [-0.4, -0.2) is 7.05 Å². The van der Waals surface area contributed by atoms with Crippen LogP contribution in [0.15, 0.2) is 29.8 Å². The van der Waals surface area contributed by atoms with E-state index in [1.165, 1.54) is 24.8 Å². The standard InChI is InChI=1S/C16H22FN/c1-12-8-7-11-14(15(12)17)16(18-2)13-9-5-3-4-6-10-13/h7-9,11,16,18H,3-6,10H2,1-2H3. The average Bonchev–Trinajstić information content (AvgIpc) is 2.64. The molecule has 0 aliphatic heterocycles. The van der Waals surface area contributed by atoms with Gasteiger partial charge in [-0.1, -0.05) is 36.3 Å². The van der Waals surface area contributed by atoms with Crippen molar-refractivity contribution >= 4 is 0 Å². The summed E-state index contributed by atoms with van der Waals surface area (Å²) in [5.41, 5.74) is 2.85. The van der Waals surface area contributed by atoms with Gasteiger partial charge in [-0.2, -0.15) is 0 Å². The van der Waals surface area contributed by atoms with Gasteiger partial charge in [0.1, 0.15) is 5.82 Å². The van der Waals surface area contributed by atoms with E-state index in [1.807, 2.05) is 32.2 Å². The number of hydrogen-bond donors (Lipinski definition) is 1. The minimum Gasteiger partial charge on any atom is -0.310 e. The van der Waals surface area contributed by atoms with Gasteiger partial charge in [-0.25, -0.2) is 4.39 Å². The molecule has 0 fully saturated rings. The van der Waals surface area contributed by atoms with Crippen molar-refractivity contribution in [3.8, 4) is 0 Å². The zero-order valence-corrected chi connectivity index (χ0v) is 11.3. The van der Waals surface area contributed by atoms with Gasteiger partial charge in [-0.3, -0.25) is 0 Å². The van der Waals surface area contributed by atoms with Gasteiger partial charge in [0.05, 0.1) is 6.04 Å². The second-order valence-corrected chi connectivity index (χ2v) is 5.08. The Kier molecular flexibility index (Phi) is 4.54. The normalized spacial score (nSPS) is 18.1. The highest BCUT2D eigenvalue weighted by atomic mass is 19.1. The molecule has 0 aromatic heterocycles. The summed E-state index contributed by atoms with van der Waals surface area (Å²) in [6.07, 6.45) is 8.27. The van der Waals surface area contributed by atoms with E-state index in [9.17, 15) is 4.39 Å². The van der Waals surface area contributed by atoms with Gasteiger partial charge in [0.2, 0.25) is 0 Å². The molecule has 0 heterocycles. The quantitative estimate of drug-likeness (QED) is 0.786. The summed E-state index contributed by atoms with van der Waals surface area (Å²) in [7, 11) is 1.91. The van der Waals surface area contributed by atoms with Gasteiger partial charge >= 0.3 is 0 Å². The van der Waals surface area contributed by atoms with Crippen LogP contribution in [0.4, 0.5) is 4.39 Å². The average molecular weight is 247 g/mol. The van der Waals surface area contributed by atoms with E-state index in [1.54, 1.807) is 0 Å². The van der Waals surface area contributed by atoms with Crippen LogP contribution in [0.1, 0.15) is 49.3 Å². The summed E-state index contributed by atoms with van der Waals surface area (Å²) in [5, 5.41) is 3.28. The maximum Gasteiger partial charge on any atom is 0.131 e. The van der Waals surface area contributed by atoms with Crippen molar-refractivity contribution in [1.29, 1.82) is 0 Å². The Balaban J connectivity index is 2.32. The second kappa shape index (κ2) is 6.14. The van der Waals surface area contributed by atoms with Crippen molar-refractivity contribution in [3.05, 3.63) is 46.8 Å². The molecule has 1 aliphatic rings. The highest BCUT2D eigenvalue weighted by molar-refractivity contribution is 5.33. The molecular weight excluding hydrogens is 225 g/mol. The van der Waals surface area contributed by atoms with Crippen LogP contribution in [-0.2, 0) is 0 Å². The third-order valence-electron chi connectivity index (χ3n) is 3.77. The number of allylic oxidation sites excluding steroid dienone is 1. The zero-order valence-electron chi connectivity index (χ0n) is 11.3. The molecular formula is C16H22FN. The summed E-state index contributed by atoms with van der Waals surface area (Å²) in [6.45, 7) is 1.83. The molecule has 0 radical (unpaired) electrons. The smallest absolute Gasteiger partial charge is 0.131 e. The van der Waals surface area contributed by atoms with Crippen molar-refractivity contribution in [2.24, 2.45) is 0 Å². The van der Waals surface area contributed by atoms with Gasteiger partial charge in [0.15, 0.2) is 0 Å². The topological polar surface area (TPSA) is 12.0 Å². The zero-order chi connectivity index (χ0) is 13.0. The third kappa shape index (κ3) is 2.81. The Morgan fingerprint density at radius 2 is 2.06 bits per heavy atom. The largest absolute Gasteiger partial charge is 0.310 e. The minimum atomic E-state index is -0.0676. The van der Waals surface area contributed by atoms with Crippen LogP contribution in [0.25, 0.3) is 0 Å². The first kappa shape index (κ1) is 13.3. The summed E-state index contributed by atoms with van der Waals surface area (Å²) < 4.78 is 14.2. The van der Waals surface area contributed by atoms with E-state index >= 15 is 0 Å². The first-order valence-corrected chi connectivity index (χ1v) is 6.85. The molecule has 0 spiro atoms. The molecule has 0 amide bonds. The first-order chi connectivity index (χ1) is 8.74. The van der Waals surface area contributed by atoms with E-state index in [0.717, 1.165) is 24.0 Å². The van der Waals surface area contributed by atoms with E-state index < -0.39 is 0 Å². The molecule has 1 aromatic rings. The maximum absolute atomic E-state index is 14.2. The Hall–Kier alpha value is -1.15. The molecule has 1 N–H and O–H groups in total. The fourth-order valence-corrected chi connectivity index (χ4v) is 2.74. The molecule has 0 bridgehead atoms. The number of halogens is 1. The first-order valence-electron chi connectivity index (χ1n) is 6.85. The fourth-order valence-electron chi connectivity index (χ4n) is 2.74. The van der Waals surface area contributed by atoms with Crippen LogP contribution in [0, 0.1) is 12.7 Å². The highest BCUT2D eigenvalue weighted by Crippen LogP contribution is 2.31. The molecule has 1 aromatic carbocycles. The van der Waals surface area contributed by atoms with Gasteiger partial charge in [-0.15, -0.1) is 0 Å². The molecule has 0 saturated heterocycles. The van der Waals surface area contributed by atoms with Crippen molar-refractivity contribution in [2.75, 3.05) is 7.05 Å². The Bertz CT molecular complexity index is 437. The molecule has 2 heteroatoms. The van der Waals surface area contributed by atoms with Crippen molar-refractivity contribution in [2.45, 2.75) is 45.1 Å². The number of benzene rings is 1. The SMILES string of the molecule is CNC(C1=CCCCCC1)c1cccc(C)c1F. The maximum atomic E-state index is 14.2. The summed E-state index contributed by atoms with van der Waals surface area (Å²) >= 11 is 0. The molecule has 1 aliphatic carbocycles. The van der Waals surface area contributed by atoms with Crippen molar-refractivity contribution in [3.63, 3.8) is 0 Å². The van der Waals surface area contributed by atoms with Gasteiger partial charge in [-0.05, 0) is 45.2 Å². The predicted molar refractivity (Wildman–Crippen MR) is 74.1 cm³/mol. The lowest BCUT2D eigenvalue weighted by molar-refractivity contribution is 0.554. The number of aryl methyl sites for hydroxylation is 1. The number of hydrogen-bond acceptors (Lipinski definition) is 1. The van der Waals surface area contributed by atoms with Crippen LogP contribution in [0.5, 0.6) is 0 Å². The third-order valence-corrected chi connectivity index (χ3v) is 3.77. The molecule has 0 saturated carbocycles. The molecule has 1 unspecified atom stereocenters. The van der Waals surface area contributed by atoms with Crippen LogP contribution >= 0.6 is 0 Å². The van der Waals surface area contributed by atoms with Crippen molar-refractivity contribution < 1.29 is 4.39 Å². The van der Waals surface area contributed by atoms with Crippen LogP contribution < -0.4 is 5.32 Å². The Morgan fingerprint density at radius 1 is 1.22 bits per heavy atom. The minimum absolute atomic E-state index is 0.0306. The Labute approximate surface area is 109 Å². The van der Waals surface area contributed by atoms with Crippen LogP contribution in [0.3, 0.4) is 0 Å².